The molecule has 0 saturated carbocycles. The van der Waals surface area contributed by atoms with Crippen molar-refractivity contribution in [3.63, 3.8) is 0 Å². The van der Waals surface area contributed by atoms with Crippen LogP contribution in [-0.4, -0.2) is 16.6 Å². The third-order valence-electron chi connectivity index (χ3n) is 4.04. The van der Waals surface area contributed by atoms with E-state index in [4.69, 9.17) is 11.6 Å². The lowest BCUT2D eigenvalue weighted by Crippen LogP contribution is -2.13. The third-order valence-corrected chi connectivity index (χ3v) is 4.35. The molecule has 0 saturated heterocycles. The second kappa shape index (κ2) is 6.49. The van der Waals surface area contributed by atoms with Gasteiger partial charge in [0.1, 0.15) is 5.69 Å². The molecule has 1 N–H and O–H groups in total. The fraction of sp³-hybridized carbons (Fsp3) is 0.0500. The Morgan fingerprint density at radius 1 is 1.04 bits per heavy atom. The Bertz CT molecular complexity index is 983. The van der Waals surface area contributed by atoms with E-state index in [9.17, 15) is 4.79 Å². The van der Waals surface area contributed by atoms with E-state index in [1.807, 2.05) is 36.4 Å². The van der Waals surface area contributed by atoms with Gasteiger partial charge in [0.25, 0.3) is 0 Å². The highest BCUT2D eigenvalue weighted by atomic mass is 35.5. The number of nitrogens with zero attached hydrogens (tertiary/aromatic N) is 2. The number of rotatable bonds is 3. The predicted molar refractivity (Wildman–Crippen MR) is 99.4 cm³/mol. The zero-order valence-electron chi connectivity index (χ0n) is 13.2. The number of ketones is 1. The first-order chi connectivity index (χ1) is 12.2. The Balaban J connectivity index is 1.58. The number of aromatic nitrogens is 1. The van der Waals surface area contributed by atoms with Crippen molar-refractivity contribution in [2.45, 2.75) is 6.54 Å². The molecule has 0 unspecified atom stereocenters. The van der Waals surface area contributed by atoms with E-state index in [2.05, 4.69) is 15.3 Å². The standard InChI is InChI=1S/C20H14ClN3O/c21-17-11-15(24-20-18-14(12-23-20)7-4-10-22-18)8-9-16(17)19(25)13-5-2-1-3-6-13/h1-11H,12H2,(H,23,24). The molecule has 25 heavy (non-hydrogen) atoms. The Morgan fingerprint density at radius 2 is 1.88 bits per heavy atom. The minimum Gasteiger partial charge on any atom is -0.339 e. The largest absolute Gasteiger partial charge is 0.339 e. The minimum absolute atomic E-state index is 0.0950. The summed E-state index contributed by atoms with van der Waals surface area (Å²) in [5.74, 6) is 0.621. The SMILES string of the molecule is O=C(c1ccccc1)c1ccc(NC2=NCc3cccnc32)cc1Cl. The van der Waals surface area contributed by atoms with Gasteiger partial charge in [0.05, 0.1) is 11.6 Å². The van der Waals surface area contributed by atoms with E-state index in [0.29, 0.717) is 28.5 Å². The van der Waals surface area contributed by atoms with Gasteiger partial charge in [0.15, 0.2) is 11.6 Å². The van der Waals surface area contributed by atoms with Gasteiger partial charge in [-0.3, -0.25) is 14.8 Å². The normalized spacial score (nSPS) is 12.4. The Morgan fingerprint density at radius 3 is 2.68 bits per heavy atom. The lowest BCUT2D eigenvalue weighted by molar-refractivity contribution is 0.103. The Labute approximate surface area is 150 Å². The van der Waals surface area contributed by atoms with Gasteiger partial charge in [-0.05, 0) is 24.3 Å². The Kier molecular flexibility index (Phi) is 4.04. The van der Waals surface area contributed by atoms with Crippen molar-refractivity contribution in [1.82, 2.24) is 4.98 Å². The first-order valence-corrected chi connectivity index (χ1v) is 8.25. The lowest BCUT2D eigenvalue weighted by atomic mass is 10.0. The molecule has 1 aliphatic rings. The topological polar surface area (TPSA) is 54.4 Å². The van der Waals surface area contributed by atoms with Gasteiger partial charge >= 0.3 is 0 Å². The van der Waals surface area contributed by atoms with Gasteiger partial charge in [-0.2, -0.15) is 0 Å². The molecule has 3 aromatic rings. The number of hydrogen-bond acceptors (Lipinski definition) is 4. The molecule has 0 aliphatic carbocycles. The molecule has 0 atom stereocenters. The maximum absolute atomic E-state index is 12.5. The van der Waals surface area contributed by atoms with Crippen molar-refractivity contribution in [3.05, 3.63) is 94.3 Å². The van der Waals surface area contributed by atoms with Crippen LogP contribution in [0.4, 0.5) is 5.69 Å². The minimum atomic E-state index is -0.0950. The van der Waals surface area contributed by atoms with Crippen molar-refractivity contribution in [2.24, 2.45) is 4.99 Å². The highest BCUT2D eigenvalue weighted by Crippen LogP contribution is 2.25. The molecule has 0 amide bonds. The van der Waals surface area contributed by atoms with Gasteiger partial charge in [-0.15, -0.1) is 0 Å². The average Bonchev–Trinajstić information content (AvgIpc) is 3.05. The summed E-state index contributed by atoms with van der Waals surface area (Å²) in [5, 5.41) is 3.64. The summed E-state index contributed by atoms with van der Waals surface area (Å²) < 4.78 is 0. The maximum Gasteiger partial charge on any atom is 0.194 e. The number of nitrogens with one attached hydrogen (secondary N) is 1. The molecule has 1 aliphatic heterocycles. The fourth-order valence-electron chi connectivity index (χ4n) is 2.78. The molecule has 122 valence electrons. The first-order valence-electron chi connectivity index (χ1n) is 7.87. The van der Waals surface area contributed by atoms with Gasteiger partial charge in [-0.1, -0.05) is 48.0 Å². The number of anilines is 1. The van der Waals surface area contributed by atoms with Crippen LogP contribution in [0.5, 0.6) is 0 Å². The molecule has 2 aromatic carbocycles. The van der Waals surface area contributed by atoms with E-state index < -0.39 is 0 Å². The molecular formula is C20H14ClN3O. The van der Waals surface area contributed by atoms with Crippen molar-refractivity contribution in [1.29, 1.82) is 0 Å². The summed E-state index contributed by atoms with van der Waals surface area (Å²) in [4.78, 5) is 21.4. The number of hydrogen-bond donors (Lipinski definition) is 1. The van der Waals surface area contributed by atoms with E-state index in [1.165, 1.54) is 0 Å². The molecule has 1 aromatic heterocycles. The van der Waals surface area contributed by atoms with Crippen LogP contribution in [0.2, 0.25) is 5.02 Å². The fourth-order valence-corrected chi connectivity index (χ4v) is 3.04. The molecule has 0 spiro atoms. The average molecular weight is 348 g/mol. The van der Waals surface area contributed by atoms with Crippen LogP contribution in [0.3, 0.4) is 0 Å². The van der Waals surface area contributed by atoms with Crippen molar-refractivity contribution in [3.8, 4) is 0 Å². The summed E-state index contributed by atoms with van der Waals surface area (Å²) in [7, 11) is 0. The van der Waals surface area contributed by atoms with Crippen LogP contribution >= 0.6 is 11.6 Å². The smallest absolute Gasteiger partial charge is 0.194 e. The summed E-state index contributed by atoms with van der Waals surface area (Å²) in [6.45, 7) is 0.615. The zero-order valence-corrected chi connectivity index (χ0v) is 14.0. The molecule has 0 bridgehead atoms. The van der Waals surface area contributed by atoms with Gasteiger partial charge in [0.2, 0.25) is 0 Å². The van der Waals surface area contributed by atoms with Gasteiger partial charge in [0, 0.05) is 28.6 Å². The van der Waals surface area contributed by atoms with Crippen molar-refractivity contribution < 1.29 is 4.79 Å². The predicted octanol–water partition coefficient (Wildman–Crippen LogP) is 4.34. The van der Waals surface area contributed by atoms with Crippen molar-refractivity contribution in [2.75, 3.05) is 5.32 Å². The number of carbonyl (C=O) groups excluding carboxylic acids is 1. The molecule has 2 heterocycles. The van der Waals surface area contributed by atoms with Crippen LogP contribution in [0.25, 0.3) is 0 Å². The van der Waals surface area contributed by atoms with Gasteiger partial charge < -0.3 is 5.32 Å². The second-order valence-electron chi connectivity index (χ2n) is 5.69. The molecular weight excluding hydrogens is 334 g/mol. The molecule has 4 rings (SSSR count). The number of carbonyl (C=O) groups is 1. The third kappa shape index (κ3) is 3.04. The monoisotopic (exact) mass is 347 g/mol. The highest BCUT2D eigenvalue weighted by Gasteiger charge is 2.18. The number of halogens is 1. The zero-order chi connectivity index (χ0) is 17.2. The van der Waals surface area contributed by atoms with Crippen LogP contribution in [0.1, 0.15) is 27.2 Å². The summed E-state index contributed by atoms with van der Waals surface area (Å²) >= 11 is 6.34. The molecule has 4 nitrogen and oxygen atoms in total. The van der Waals surface area contributed by atoms with Crippen LogP contribution in [0, 0.1) is 0 Å². The summed E-state index contributed by atoms with van der Waals surface area (Å²) in [5.41, 5.74) is 3.80. The number of aliphatic imine (C=N–C) groups is 1. The number of amidine groups is 1. The summed E-state index contributed by atoms with van der Waals surface area (Å²) in [6, 6.07) is 18.3. The van der Waals surface area contributed by atoms with Crippen LogP contribution in [0.15, 0.2) is 71.9 Å². The molecule has 0 fully saturated rings. The first kappa shape index (κ1) is 15.5. The second-order valence-corrected chi connectivity index (χ2v) is 6.10. The quantitative estimate of drug-likeness (QED) is 0.717. The van der Waals surface area contributed by atoms with Crippen LogP contribution < -0.4 is 5.32 Å². The van der Waals surface area contributed by atoms with E-state index in [-0.39, 0.29) is 5.78 Å². The number of benzene rings is 2. The van der Waals surface area contributed by atoms with Gasteiger partial charge in [-0.25, -0.2) is 0 Å². The molecule has 0 radical (unpaired) electrons. The Hall–Kier alpha value is -2.98. The highest BCUT2D eigenvalue weighted by molar-refractivity contribution is 6.35. The van der Waals surface area contributed by atoms with Crippen LogP contribution in [-0.2, 0) is 6.54 Å². The van der Waals surface area contributed by atoms with E-state index in [0.717, 1.165) is 16.9 Å². The number of fused-ring (bicyclic) bond motifs is 1. The number of pyridine rings is 1. The molecule has 5 heteroatoms. The van der Waals surface area contributed by atoms with Crippen molar-refractivity contribution >= 4 is 28.9 Å². The van der Waals surface area contributed by atoms with E-state index in [1.54, 1.807) is 30.5 Å². The maximum atomic E-state index is 12.5. The van der Waals surface area contributed by atoms with E-state index >= 15 is 0 Å². The lowest BCUT2D eigenvalue weighted by Gasteiger charge is -2.09. The summed E-state index contributed by atoms with van der Waals surface area (Å²) in [6.07, 6.45) is 1.75.